The summed E-state index contributed by atoms with van der Waals surface area (Å²) in [7, 11) is 2.17. The molecule has 1 aliphatic heterocycles. The maximum Gasteiger partial charge on any atom is 0.217 e. The molecule has 2 rings (SSSR count). The van der Waals surface area contributed by atoms with E-state index in [0.717, 1.165) is 64.3 Å². The summed E-state index contributed by atoms with van der Waals surface area (Å²) in [6, 6.07) is 3.96. The summed E-state index contributed by atoms with van der Waals surface area (Å²) in [5, 5.41) is 0. The highest BCUT2D eigenvalue weighted by Crippen LogP contribution is 2.23. The van der Waals surface area contributed by atoms with E-state index in [2.05, 4.69) is 40.6 Å². The quantitative estimate of drug-likeness (QED) is 0.726. The van der Waals surface area contributed by atoms with E-state index in [0.29, 0.717) is 18.3 Å². The second-order valence-corrected chi connectivity index (χ2v) is 6.57. The topological polar surface area (TPSA) is 57.9 Å². The number of ether oxygens (including phenoxy) is 1. The van der Waals surface area contributed by atoms with Gasteiger partial charge in [-0.25, -0.2) is 0 Å². The van der Waals surface area contributed by atoms with Crippen molar-refractivity contribution in [3.05, 3.63) is 12.1 Å². The Hall–Kier alpha value is -1.53. The fraction of sp³-hybridized carbons (Fsp3) is 0.750. The van der Waals surface area contributed by atoms with Gasteiger partial charge < -0.3 is 20.3 Å². The molecule has 0 amide bonds. The van der Waals surface area contributed by atoms with E-state index in [1.807, 2.05) is 26.0 Å². The summed E-state index contributed by atoms with van der Waals surface area (Å²) in [6.07, 6.45) is 2.23. The summed E-state index contributed by atoms with van der Waals surface area (Å²) in [6.45, 7) is 16.5. The summed E-state index contributed by atoms with van der Waals surface area (Å²) in [5.74, 6) is 1.16. The van der Waals surface area contributed by atoms with Crippen molar-refractivity contribution in [1.82, 2.24) is 14.8 Å². The van der Waals surface area contributed by atoms with Crippen LogP contribution >= 0.6 is 0 Å². The summed E-state index contributed by atoms with van der Waals surface area (Å²) >= 11 is 0. The lowest BCUT2D eigenvalue weighted by Gasteiger charge is -2.32. The van der Waals surface area contributed by atoms with E-state index in [-0.39, 0.29) is 0 Å². The molecule has 0 spiro atoms. The van der Waals surface area contributed by atoms with Crippen LogP contribution in [0.15, 0.2) is 12.1 Å². The number of nitrogens with zero attached hydrogens (tertiary/aromatic N) is 4. The molecular formula is C20H39N5O. The fourth-order valence-corrected chi connectivity index (χ4v) is 3.03. The number of nitrogens with two attached hydrogens (primary N) is 1. The standard InChI is InChI=1S/C18H33N5O.C2H6/c1-4-6-23(7-5-2)16-14-17(19)20-18(15-16)24-13-12-22-10-8-21(3)9-11-22;1-2/h14-15H,4-13H2,1-3H3,(H2,19,20);1-2H3. The van der Waals surface area contributed by atoms with Gasteiger partial charge in [0.25, 0.3) is 0 Å². The van der Waals surface area contributed by atoms with Gasteiger partial charge in [0, 0.05) is 63.6 Å². The normalized spacial score (nSPS) is 15.3. The first-order chi connectivity index (χ1) is 12.6. The Morgan fingerprint density at radius 2 is 1.69 bits per heavy atom. The van der Waals surface area contributed by atoms with Gasteiger partial charge >= 0.3 is 0 Å². The Balaban J connectivity index is 0.00000163. The first-order valence-corrected chi connectivity index (χ1v) is 10.2. The van der Waals surface area contributed by atoms with Crippen molar-refractivity contribution in [2.75, 3.05) is 70.1 Å². The third-order valence-electron chi connectivity index (χ3n) is 4.41. The van der Waals surface area contributed by atoms with Crippen LogP contribution in [0.3, 0.4) is 0 Å². The van der Waals surface area contributed by atoms with Gasteiger partial charge in [-0.3, -0.25) is 4.90 Å². The maximum atomic E-state index is 5.99. The van der Waals surface area contributed by atoms with Gasteiger partial charge in [0.15, 0.2) is 0 Å². The van der Waals surface area contributed by atoms with Gasteiger partial charge in [-0.1, -0.05) is 27.7 Å². The lowest BCUT2D eigenvalue weighted by atomic mass is 10.3. The van der Waals surface area contributed by atoms with Crippen LogP contribution in [0, 0.1) is 0 Å². The fourth-order valence-electron chi connectivity index (χ4n) is 3.03. The number of piperazine rings is 1. The molecule has 0 aliphatic carbocycles. The van der Waals surface area contributed by atoms with E-state index in [4.69, 9.17) is 10.5 Å². The lowest BCUT2D eigenvalue weighted by Crippen LogP contribution is -2.45. The molecule has 1 saturated heterocycles. The first kappa shape index (κ1) is 22.5. The summed E-state index contributed by atoms with van der Waals surface area (Å²) < 4.78 is 5.89. The number of likely N-dealkylation sites (N-methyl/N-ethyl adjacent to an activating group) is 1. The van der Waals surface area contributed by atoms with Crippen molar-refractivity contribution < 1.29 is 4.74 Å². The SMILES string of the molecule is CC.CCCN(CCC)c1cc(N)nc(OCCN2CCN(C)CC2)c1. The van der Waals surface area contributed by atoms with Crippen LogP contribution in [0.5, 0.6) is 5.88 Å². The number of pyridine rings is 1. The third kappa shape index (κ3) is 7.79. The lowest BCUT2D eigenvalue weighted by molar-refractivity contribution is 0.132. The van der Waals surface area contributed by atoms with Gasteiger partial charge in [-0.2, -0.15) is 4.98 Å². The Bertz CT molecular complexity index is 483. The molecular weight excluding hydrogens is 326 g/mol. The summed E-state index contributed by atoms with van der Waals surface area (Å²) in [5.41, 5.74) is 7.10. The zero-order chi connectivity index (χ0) is 19.4. The molecule has 6 heteroatoms. The Kier molecular flexibility index (Phi) is 11.1. The molecule has 0 saturated carbocycles. The zero-order valence-electron chi connectivity index (χ0n) is 17.5. The average molecular weight is 366 g/mol. The predicted molar refractivity (Wildman–Crippen MR) is 112 cm³/mol. The van der Waals surface area contributed by atoms with Gasteiger partial charge in [0.2, 0.25) is 5.88 Å². The Labute approximate surface area is 160 Å². The Morgan fingerprint density at radius 1 is 1.08 bits per heavy atom. The second kappa shape index (κ2) is 12.8. The van der Waals surface area contributed by atoms with Crippen LogP contribution in [0.4, 0.5) is 11.5 Å². The molecule has 0 aromatic carbocycles. The molecule has 1 aromatic heterocycles. The molecule has 26 heavy (non-hydrogen) atoms. The van der Waals surface area contributed by atoms with Crippen molar-refractivity contribution in [1.29, 1.82) is 0 Å². The van der Waals surface area contributed by atoms with E-state index in [9.17, 15) is 0 Å². The molecule has 0 radical (unpaired) electrons. The van der Waals surface area contributed by atoms with Crippen LogP contribution in [0.2, 0.25) is 0 Å². The number of aromatic nitrogens is 1. The van der Waals surface area contributed by atoms with E-state index < -0.39 is 0 Å². The number of nitrogen functional groups attached to an aromatic ring is 1. The van der Waals surface area contributed by atoms with Crippen LogP contribution in [-0.4, -0.2) is 74.3 Å². The van der Waals surface area contributed by atoms with Crippen LogP contribution < -0.4 is 15.4 Å². The second-order valence-electron chi connectivity index (χ2n) is 6.57. The zero-order valence-corrected chi connectivity index (χ0v) is 17.5. The minimum Gasteiger partial charge on any atom is -0.476 e. The minimum absolute atomic E-state index is 0.527. The smallest absolute Gasteiger partial charge is 0.217 e. The van der Waals surface area contributed by atoms with Crippen molar-refractivity contribution >= 4 is 11.5 Å². The number of rotatable bonds is 9. The monoisotopic (exact) mass is 365 g/mol. The number of anilines is 2. The summed E-state index contributed by atoms with van der Waals surface area (Å²) in [4.78, 5) is 11.5. The number of hydrogen-bond acceptors (Lipinski definition) is 6. The molecule has 1 aliphatic rings. The average Bonchev–Trinajstić information content (AvgIpc) is 2.64. The molecule has 0 atom stereocenters. The maximum absolute atomic E-state index is 5.99. The van der Waals surface area contributed by atoms with Gasteiger partial charge in [0.1, 0.15) is 12.4 Å². The van der Waals surface area contributed by atoms with Crippen LogP contribution in [-0.2, 0) is 0 Å². The predicted octanol–water partition coefficient (Wildman–Crippen LogP) is 2.94. The van der Waals surface area contributed by atoms with Gasteiger partial charge in [-0.15, -0.1) is 0 Å². The van der Waals surface area contributed by atoms with E-state index >= 15 is 0 Å². The molecule has 6 nitrogen and oxygen atoms in total. The van der Waals surface area contributed by atoms with Crippen molar-refractivity contribution in [3.8, 4) is 5.88 Å². The van der Waals surface area contributed by atoms with Gasteiger partial charge in [-0.05, 0) is 19.9 Å². The molecule has 1 aromatic rings. The molecule has 1 fully saturated rings. The van der Waals surface area contributed by atoms with Crippen molar-refractivity contribution in [3.63, 3.8) is 0 Å². The molecule has 0 bridgehead atoms. The molecule has 150 valence electrons. The highest BCUT2D eigenvalue weighted by atomic mass is 16.5. The molecule has 0 unspecified atom stereocenters. The van der Waals surface area contributed by atoms with Crippen LogP contribution in [0.25, 0.3) is 0 Å². The largest absolute Gasteiger partial charge is 0.476 e. The molecule has 2 heterocycles. The highest BCUT2D eigenvalue weighted by molar-refractivity contribution is 5.55. The van der Waals surface area contributed by atoms with Gasteiger partial charge in [0.05, 0.1) is 0 Å². The minimum atomic E-state index is 0.527. The molecule has 2 N–H and O–H groups in total. The van der Waals surface area contributed by atoms with Crippen molar-refractivity contribution in [2.45, 2.75) is 40.5 Å². The van der Waals surface area contributed by atoms with Crippen molar-refractivity contribution in [2.24, 2.45) is 0 Å². The van der Waals surface area contributed by atoms with E-state index in [1.165, 1.54) is 0 Å². The number of hydrogen-bond donors (Lipinski definition) is 1. The first-order valence-electron chi connectivity index (χ1n) is 10.2. The third-order valence-corrected chi connectivity index (χ3v) is 4.41. The van der Waals surface area contributed by atoms with Crippen LogP contribution in [0.1, 0.15) is 40.5 Å². The highest BCUT2D eigenvalue weighted by Gasteiger charge is 2.14. The van der Waals surface area contributed by atoms with E-state index in [1.54, 1.807) is 0 Å². The Morgan fingerprint density at radius 3 is 2.27 bits per heavy atom.